The average molecular weight is 458 g/mol. The third-order valence-corrected chi connectivity index (χ3v) is 8.00. The first kappa shape index (κ1) is 22.3. The van der Waals surface area contributed by atoms with Crippen molar-refractivity contribution >= 4 is 21.8 Å². The number of ether oxygens (including phenoxy) is 1. The number of rotatable bonds is 6. The molecule has 0 bridgehead atoms. The van der Waals surface area contributed by atoms with Gasteiger partial charge in [-0.25, -0.2) is 8.42 Å². The maximum Gasteiger partial charge on any atom is 0.312 e. The molecule has 4 rings (SSSR count). The summed E-state index contributed by atoms with van der Waals surface area (Å²) >= 11 is 0. The highest BCUT2D eigenvalue weighted by molar-refractivity contribution is 7.89. The Kier molecular flexibility index (Phi) is 6.48. The van der Waals surface area contributed by atoms with Crippen LogP contribution in [0.5, 0.6) is 5.75 Å². The number of benzene rings is 2. The quantitative estimate of drug-likeness (QED) is 0.617. The van der Waals surface area contributed by atoms with Gasteiger partial charge in [-0.15, -0.1) is 0 Å². The number of piperazine rings is 1. The lowest BCUT2D eigenvalue weighted by molar-refractivity contribution is -0.158. The molecule has 2 aliphatic heterocycles. The standard InChI is InChI=1S/C23H27N3O5S/c1-31-20-8-5-9-21(16-20)32(29,30)25-12-10-19(11-13-25)26-15-14-24(22(27)23(26)28)17-18-6-3-2-4-7-18/h2-9,16,19H,10-15,17H2,1H3. The van der Waals surface area contributed by atoms with Crippen molar-refractivity contribution in [2.24, 2.45) is 0 Å². The van der Waals surface area contributed by atoms with E-state index in [9.17, 15) is 18.0 Å². The first-order chi connectivity index (χ1) is 15.4. The molecule has 0 aromatic heterocycles. The molecule has 0 saturated carbocycles. The summed E-state index contributed by atoms with van der Waals surface area (Å²) in [5.41, 5.74) is 0.984. The van der Waals surface area contributed by atoms with Crippen LogP contribution in [-0.4, -0.2) is 73.7 Å². The van der Waals surface area contributed by atoms with E-state index in [0.29, 0.717) is 51.3 Å². The molecule has 170 valence electrons. The minimum absolute atomic E-state index is 0.137. The van der Waals surface area contributed by atoms with Gasteiger partial charge in [0.2, 0.25) is 10.0 Å². The second-order valence-electron chi connectivity index (χ2n) is 8.03. The van der Waals surface area contributed by atoms with Crippen LogP contribution < -0.4 is 4.74 Å². The maximum atomic E-state index is 13.0. The van der Waals surface area contributed by atoms with Gasteiger partial charge in [0, 0.05) is 44.8 Å². The minimum atomic E-state index is -3.64. The minimum Gasteiger partial charge on any atom is -0.497 e. The first-order valence-electron chi connectivity index (χ1n) is 10.7. The highest BCUT2D eigenvalue weighted by Gasteiger charge is 2.39. The van der Waals surface area contributed by atoms with E-state index in [1.807, 2.05) is 30.3 Å². The SMILES string of the molecule is COc1cccc(S(=O)(=O)N2CCC(N3CCN(Cc4ccccc4)C(=O)C3=O)CC2)c1. The lowest BCUT2D eigenvalue weighted by Gasteiger charge is -2.41. The van der Waals surface area contributed by atoms with Crippen molar-refractivity contribution in [3.8, 4) is 5.75 Å². The molecule has 0 unspecified atom stereocenters. The lowest BCUT2D eigenvalue weighted by atomic mass is 10.0. The van der Waals surface area contributed by atoms with Crippen molar-refractivity contribution in [2.75, 3.05) is 33.3 Å². The van der Waals surface area contributed by atoms with E-state index in [0.717, 1.165) is 5.56 Å². The third-order valence-electron chi connectivity index (χ3n) is 6.10. The molecule has 32 heavy (non-hydrogen) atoms. The Hall–Kier alpha value is -2.91. The van der Waals surface area contributed by atoms with Gasteiger partial charge < -0.3 is 14.5 Å². The van der Waals surface area contributed by atoms with Gasteiger partial charge in [-0.2, -0.15) is 4.31 Å². The number of nitrogens with zero attached hydrogens (tertiary/aromatic N) is 3. The molecule has 0 spiro atoms. The molecule has 0 atom stereocenters. The molecule has 0 N–H and O–H groups in total. The molecule has 8 nitrogen and oxygen atoms in total. The monoisotopic (exact) mass is 457 g/mol. The second-order valence-corrected chi connectivity index (χ2v) is 9.96. The average Bonchev–Trinajstić information content (AvgIpc) is 2.83. The van der Waals surface area contributed by atoms with E-state index in [4.69, 9.17) is 4.74 Å². The highest BCUT2D eigenvalue weighted by Crippen LogP contribution is 2.26. The largest absolute Gasteiger partial charge is 0.497 e. The third kappa shape index (κ3) is 4.49. The summed E-state index contributed by atoms with van der Waals surface area (Å²) in [5.74, 6) is -0.508. The van der Waals surface area contributed by atoms with Crippen molar-refractivity contribution in [2.45, 2.75) is 30.3 Å². The van der Waals surface area contributed by atoms with Crippen LogP contribution in [0.4, 0.5) is 0 Å². The molecule has 0 radical (unpaired) electrons. The predicted octanol–water partition coefficient (Wildman–Crippen LogP) is 1.72. The van der Waals surface area contributed by atoms with E-state index >= 15 is 0 Å². The zero-order chi connectivity index (χ0) is 22.7. The van der Waals surface area contributed by atoms with Crippen molar-refractivity contribution in [3.05, 3.63) is 60.2 Å². The number of piperidine rings is 1. The highest BCUT2D eigenvalue weighted by atomic mass is 32.2. The summed E-state index contributed by atoms with van der Waals surface area (Å²) in [4.78, 5) is 28.8. The van der Waals surface area contributed by atoms with Gasteiger partial charge in [0.25, 0.3) is 0 Å². The van der Waals surface area contributed by atoms with Gasteiger partial charge in [-0.3, -0.25) is 9.59 Å². The summed E-state index contributed by atoms with van der Waals surface area (Å²) in [5, 5.41) is 0. The maximum absolute atomic E-state index is 13.0. The fourth-order valence-electron chi connectivity index (χ4n) is 4.30. The topological polar surface area (TPSA) is 87.2 Å². The van der Waals surface area contributed by atoms with Crippen molar-refractivity contribution in [1.29, 1.82) is 0 Å². The van der Waals surface area contributed by atoms with Crippen molar-refractivity contribution in [3.63, 3.8) is 0 Å². The number of sulfonamides is 1. The Balaban J connectivity index is 1.37. The van der Waals surface area contributed by atoms with Gasteiger partial charge in [0.05, 0.1) is 12.0 Å². The molecule has 2 fully saturated rings. The molecular formula is C23H27N3O5S. The Morgan fingerprint density at radius 1 is 0.906 bits per heavy atom. The zero-order valence-electron chi connectivity index (χ0n) is 18.0. The fourth-order valence-corrected chi connectivity index (χ4v) is 5.80. The van der Waals surface area contributed by atoms with E-state index in [-0.39, 0.29) is 10.9 Å². The Labute approximate surface area is 188 Å². The van der Waals surface area contributed by atoms with Gasteiger partial charge in [-0.1, -0.05) is 36.4 Å². The number of amides is 2. The Bertz CT molecular complexity index is 1080. The first-order valence-corrected chi connectivity index (χ1v) is 12.1. The van der Waals surface area contributed by atoms with E-state index in [1.54, 1.807) is 28.0 Å². The van der Waals surface area contributed by atoms with Crippen LogP contribution in [-0.2, 0) is 26.2 Å². The molecular weight excluding hydrogens is 430 g/mol. The van der Waals surface area contributed by atoms with Crippen LogP contribution in [0.1, 0.15) is 18.4 Å². The van der Waals surface area contributed by atoms with Crippen LogP contribution in [0.25, 0.3) is 0 Å². The number of carbonyl (C=O) groups is 2. The summed E-state index contributed by atoms with van der Waals surface area (Å²) in [6.45, 7) is 1.95. The lowest BCUT2D eigenvalue weighted by Crippen LogP contribution is -2.58. The molecule has 2 amide bonds. The zero-order valence-corrected chi connectivity index (χ0v) is 18.8. The van der Waals surface area contributed by atoms with Crippen LogP contribution >= 0.6 is 0 Å². The molecule has 2 aliphatic rings. The molecule has 9 heteroatoms. The van der Waals surface area contributed by atoms with Crippen molar-refractivity contribution in [1.82, 2.24) is 14.1 Å². The number of carbonyl (C=O) groups excluding carboxylic acids is 2. The molecule has 2 aromatic rings. The molecule has 2 heterocycles. The summed E-state index contributed by atoms with van der Waals surface area (Å²) in [6.07, 6.45) is 1.00. The van der Waals surface area contributed by atoms with E-state index in [2.05, 4.69) is 0 Å². The Morgan fingerprint density at radius 3 is 2.31 bits per heavy atom. The second kappa shape index (κ2) is 9.30. The van der Waals surface area contributed by atoms with Gasteiger partial charge >= 0.3 is 11.8 Å². The smallest absolute Gasteiger partial charge is 0.312 e. The van der Waals surface area contributed by atoms with Gasteiger partial charge in [-0.05, 0) is 30.5 Å². The molecule has 2 saturated heterocycles. The normalized spacial score (nSPS) is 18.8. The van der Waals surface area contributed by atoms with Crippen LogP contribution in [0, 0.1) is 0 Å². The van der Waals surface area contributed by atoms with E-state index < -0.39 is 21.8 Å². The summed E-state index contributed by atoms with van der Waals surface area (Å²) in [7, 11) is -2.15. The number of hydrogen-bond acceptors (Lipinski definition) is 5. The fraction of sp³-hybridized carbons (Fsp3) is 0.391. The van der Waals surface area contributed by atoms with Gasteiger partial charge in [0.1, 0.15) is 5.75 Å². The summed E-state index contributed by atoms with van der Waals surface area (Å²) < 4.78 is 32.6. The van der Waals surface area contributed by atoms with Gasteiger partial charge in [0.15, 0.2) is 0 Å². The van der Waals surface area contributed by atoms with E-state index in [1.165, 1.54) is 17.5 Å². The van der Waals surface area contributed by atoms with Crippen molar-refractivity contribution < 1.29 is 22.7 Å². The number of methoxy groups -OCH3 is 1. The van der Waals surface area contributed by atoms with Crippen LogP contribution in [0.2, 0.25) is 0 Å². The molecule has 2 aromatic carbocycles. The van der Waals surface area contributed by atoms with Crippen LogP contribution in [0.15, 0.2) is 59.5 Å². The predicted molar refractivity (Wildman–Crippen MR) is 118 cm³/mol. The number of hydrogen-bond donors (Lipinski definition) is 0. The Morgan fingerprint density at radius 2 is 1.62 bits per heavy atom. The van der Waals surface area contributed by atoms with Crippen LogP contribution in [0.3, 0.4) is 0 Å². The summed E-state index contributed by atoms with van der Waals surface area (Å²) in [6, 6.07) is 15.9. The molecule has 0 aliphatic carbocycles.